The fraction of sp³-hybridized carbons (Fsp3) is 0.682. The first-order chi connectivity index (χ1) is 14.2. The second-order valence-electron chi connectivity index (χ2n) is 8.52. The number of amides is 2. The average molecular weight is 401 g/mol. The molecule has 2 saturated heterocycles. The lowest BCUT2D eigenvalue weighted by Crippen LogP contribution is -2.60. The summed E-state index contributed by atoms with van der Waals surface area (Å²) in [5.41, 5.74) is 1.13. The van der Waals surface area contributed by atoms with Crippen LogP contribution in [0.3, 0.4) is 0 Å². The van der Waals surface area contributed by atoms with Crippen molar-refractivity contribution in [1.29, 1.82) is 0 Å². The number of hydrogen-bond donors (Lipinski definition) is 1. The molecule has 158 valence electrons. The summed E-state index contributed by atoms with van der Waals surface area (Å²) in [6.07, 6.45) is 8.27. The zero-order valence-electron chi connectivity index (χ0n) is 17.1. The number of aromatic nitrogens is 1. The molecule has 3 heterocycles. The lowest BCUT2D eigenvalue weighted by molar-refractivity contribution is -0.142. The Kier molecular flexibility index (Phi) is 6.77. The Morgan fingerprint density at radius 3 is 2.69 bits per heavy atom. The number of rotatable bonds is 5. The molecule has 7 heteroatoms. The molecule has 7 nitrogen and oxygen atoms in total. The summed E-state index contributed by atoms with van der Waals surface area (Å²) >= 11 is 0. The van der Waals surface area contributed by atoms with Gasteiger partial charge in [-0.25, -0.2) is 0 Å². The van der Waals surface area contributed by atoms with Gasteiger partial charge in [0, 0.05) is 57.0 Å². The topological polar surface area (TPSA) is 74.8 Å². The summed E-state index contributed by atoms with van der Waals surface area (Å²) in [7, 11) is 0. The first kappa shape index (κ1) is 20.3. The molecule has 1 saturated carbocycles. The van der Waals surface area contributed by atoms with E-state index in [2.05, 4.69) is 15.2 Å². The number of morpholine rings is 1. The molecule has 4 rings (SSSR count). The van der Waals surface area contributed by atoms with E-state index in [-0.39, 0.29) is 17.9 Å². The number of nitrogens with one attached hydrogen (secondary N) is 1. The van der Waals surface area contributed by atoms with Gasteiger partial charge in [0.1, 0.15) is 0 Å². The molecule has 3 aliphatic rings. The lowest BCUT2D eigenvalue weighted by Gasteiger charge is -2.44. The second kappa shape index (κ2) is 9.67. The van der Waals surface area contributed by atoms with Crippen molar-refractivity contribution in [2.75, 3.05) is 39.4 Å². The number of carbonyl (C=O) groups is 2. The van der Waals surface area contributed by atoms with E-state index in [1.807, 2.05) is 17.0 Å². The van der Waals surface area contributed by atoms with Crippen molar-refractivity contribution in [2.24, 2.45) is 5.92 Å². The predicted octanol–water partition coefficient (Wildman–Crippen LogP) is 1.23. The molecule has 1 N–H and O–H groups in total. The third-order valence-electron chi connectivity index (χ3n) is 6.58. The lowest BCUT2D eigenvalue weighted by atomic mass is 9.84. The van der Waals surface area contributed by atoms with Crippen molar-refractivity contribution < 1.29 is 14.3 Å². The van der Waals surface area contributed by atoms with Crippen LogP contribution in [-0.2, 0) is 20.7 Å². The monoisotopic (exact) mass is 400 g/mol. The highest BCUT2D eigenvalue weighted by molar-refractivity contribution is 5.79. The van der Waals surface area contributed by atoms with Crippen molar-refractivity contribution in [3.63, 3.8) is 0 Å². The maximum atomic E-state index is 13.0. The van der Waals surface area contributed by atoms with Crippen molar-refractivity contribution in [3.05, 3.63) is 30.1 Å². The third kappa shape index (κ3) is 5.34. The Bertz CT molecular complexity index is 691. The number of piperazine rings is 1. The molecule has 2 aliphatic heterocycles. The fourth-order valence-electron chi connectivity index (χ4n) is 4.80. The van der Waals surface area contributed by atoms with Crippen LogP contribution >= 0.6 is 0 Å². The standard InChI is InChI=1S/C22H32N4O3/c27-21(6-1-17-7-9-23-10-8-17)24-19-4-2-18(3-5-19)22(28)26-12-11-25-13-14-29-16-20(25)15-26/h7-10,18-20H,1-6,11-16H2,(H,24,27). The summed E-state index contributed by atoms with van der Waals surface area (Å²) < 4.78 is 5.59. The molecule has 1 unspecified atom stereocenters. The van der Waals surface area contributed by atoms with Crippen LogP contribution in [-0.4, -0.2) is 78.1 Å². The minimum atomic E-state index is 0.102. The first-order valence-corrected chi connectivity index (χ1v) is 11.0. The maximum Gasteiger partial charge on any atom is 0.225 e. The van der Waals surface area contributed by atoms with Gasteiger partial charge in [-0.1, -0.05) is 0 Å². The molecule has 1 aromatic rings. The Morgan fingerprint density at radius 2 is 1.90 bits per heavy atom. The van der Waals surface area contributed by atoms with Gasteiger partial charge >= 0.3 is 0 Å². The Morgan fingerprint density at radius 1 is 1.10 bits per heavy atom. The Hall–Kier alpha value is -1.99. The summed E-state index contributed by atoms with van der Waals surface area (Å²) in [5.74, 6) is 0.513. The smallest absolute Gasteiger partial charge is 0.225 e. The molecule has 1 aromatic heterocycles. The first-order valence-electron chi connectivity index (χ1n) is 11.0. The molecule has 3 fully saturated rings. The third-order valence-corrected chi connectivity index (χ3v) is 6.58. The largest absolute Gasteiger partial charge is 0.378 e. The molecule has 0 spiro atoms. The fourth-order valence-corrected chi connectivity index (χ4v) is 4.80. The summed E-state index contributed by atoms with van der Waals surface area (Å²) in [6, 6.07) is 4.46. The maximum absolute atomic E-state index is 13.0. The minimum Gasteiger partial charge on any atom is -0.378 e. The molecule has 2 amide bonds. The van der Waals surface area contributed by atoms with Crippen LogP contribution in [0.1, 0.15) is 37.7 Å². The van der Waals surface area contributed by atoms with Crippen molar-refractivity contribution >= 4 is 11.8 Å². The van der Waals surface area contributed by atoms with Gasteiger partial charge in [0.25, 0.3) is 0 Å². The zero-order valence-corrected chi connectivity index (χ0v) is 17.1. The van der Waals surface area contributed by atoms with Crippen LogP contribution in [0.5, 0.6) is 0 Å². The molecule has 0 bridgehead atoms. The highest BCUT2D eigenvalue weighted by atomic mass is 16.5. The van der Waals surface area contributed by atoms with Gasteiger partial charge < -0.3 is 15.0 Å². The van der Waals surface area contributed by atoms with Crippen LogP contribution in [0.4, 0.5) is 0 Å². The molecule has 29 heavy (non-hydrogen) atoms. The average Bonchev–Trinajstić information content (AvgIpc) is 2.78. The van der Waals surface area contributed by atoms with E-state index in [1.54, 1.807) is 12.4 Å². The van der Waals surface area contributed by atoms with E-state index in [9.17, 15) is 9.59 Å². The van der Waals surface area contributed by atoms with Crippen molar-refractivity contribution in [2.45, 2.75) is 50.6 Å². The van der Waals surface area contributed by atoms with Crippen LogP contribution in [0.15, 0.2) is 24.5 Å². The number of hydrogen-bond acceptors (Lipinski definition) is 5. The number of nitrogens with zero attached hydrogens (tertiary/aromatic N) is 3. The van der Waals surface area contributed by atoms with Crippen LogP contribution in [0.2, 0.25) is 0 Å². The van der Waals surface area contributed by atoms with Gasteiger partial charge in [-0.3, -0.25) is 19.5 Å². The molecule has 1 atom stereocenters. The van der Waals surface area contributed by atoms with Crippen molar-refractivity contribution in [3.8, 4) is 0 Å². The molecule has 0 aromatic carbocycles. The minimum absolute atomic E-state index is 0.102. The van der Waals surface area contributed by atoms with Gasteiger partial charge in [-0.15, -0.1) is 0 Å². The van der Waals surface area contributed by atoms with Gasteiger partial charge in [-0.2, -0.15) is 0 Å². The molecular weight excluding hydrogens is 368 g/mol. The van der Waals surface area contributed by atoms with Crippen LogP contribution < -0.4 is 5.32 Å². The molecule has 0 radical (unpaired) electrons. The number of carbonyl (C=O) groups excluding carboxylic acids is 2. The number of fused-ring (bicyclic) bond motifs is 1. The summed E-state index contributed by atoms with van der Waals surface area (Å²) in [6.45, 7) is 5.12. The van der Waals surface area contributed by atoms with E-state index in [0.29, 0.717) is 18.4 Å². The van der Waals surface area contributed by atoms with Crippen LogP contribution in [0.25, 0.3) is 0 Å². The Labute approximate surface area is 172 Å². The summed E-state index contributed by atoms with van der Waals surface area (Å²) in [4.78, 5) is 33.8. The predicted molar refractivity (Wildman–Crippen MR) is 109 cm³/mol. The van der Waals surface area contributed by atoms with Gasteiger partial charge in [0.15, 0.2) is 0 Å². The second-order valence-corrected chi connectivity index (χ2v) is 8.52. The van der Waals surface area contributed by atoms with Gasteiger partial charge in [-0.05, 0) is 49.8 Å². The molecular formula is C22H32N4O3. The van der Waals surface area contributed by atoms with Gasteiger partial charge in [0.2, 0.25) is 11.8 Å². The van der Waals surface area contributed by atoms with Crippen molar-refractivity contribution in [1.82, 2.24) is 20.1 Å². The number of pyridine rings is 1. The summed E-state index contributed by atoms with van der Waals surface area (Å²) in [5, 5.41) is 3.16. The van der Waals surface area contributed by atoms with Gasteiger partial charge in [0.05, 0.1) is 19.3 Å². The zero-order chi connectivity index (χ0) is 20.1. The quantitative estimate of drug-likeness (QED) is 0.805. The van der Waals surface area contributed by atoms with E-state index in [4.69, 9.17) is 4.74 Å². The Balaban J connectivity index is 1.18. The highest BCUT2D eigenvalue weighted by Crippen LogP contribution is 2.27. The van der Waals surface area contributed by atoms with E-state index in [0.717, 1.165) is 77.1 Å². The normalized spacial score (nSPS) is 27.9. The van der Waals surface area contributed by atoms with E-state index in [1.165, 1.54) is 0 Å². The SMILES string of the molecule is O=C(CCc1ccncc1)NC1CCC(C(=O)N2CCN3CCOCC3C2)CC1. The molecule has 1 aliphatic carbocycles. The number of ether oxygens (including phenoxy) is 1. The van der Waals surface area contributed by atoms with E-state index >= 15 is 0 Å². The van der Waals surface area contributed by atoms with E-state index < -0.39 is 0 Å². The van der Waals surface area contributed by atoms with Crippen LogP contribution in [0, 0.1) is 5.92 Å². The number of aryl methyl sites for hydroxylation is 1. The highest BCUT2D eigenvalue weighted by Gasteiger charge is 2.35.